The monoisotopic (exact) mass is 789 g/mol. The molecule has 1 aromatic heterocycles. The van der Waals surface area contributed by atoms with Crippen molar-refractivity contribution in [2.75, 3.05) is 4.90 Å². The van der Waals surface area contributed by atoms with E-state index in [2.05, 4.69) is 241 Å². The van der Waals surface area contributed by atoms with Crippen molar-refractivity contribution in [1.29, 1.82) is 0 Å². The van der Waals surface area contributed by atoms with Gasteiger partial charge in [0, 0.05) is 22.2 Å². The number of nitrogens with zero attached hydrogens (tertiary/aromatic N) is 1. The Morgan fingerprint density at radius 2 is 0.903 bits per heavy atom. The van der Waals surface area contributed by atoms with E-state index in [1.54, 1.807) is 0 Å². The molecule has 0 spiro atoms. The SMILES string of the molecule is c1ccc(-c2ccc(-c3cccc(N(c4ccccc4-c4cc5ccccc5c5ccccc45)c4ccc(-c5ccc6ccccc6c5)c5oc6ccccc6c45)c3)cc2)cc1. The van der Waals surface area contributed by atoms with Gasteiger partial charge in [0.15, 0.2) is 0 Å². The summed E-state index contributed by atoms with van der Waals surface area (Å²) in [6.07, 6.45) is 0. The van der Waals surface area contributed by atoms with Crippen molar-refractivity contribution in [2.45, 2.75) is 0 Å². The van der Waals surface area contributed by atoms with Crippen molar-refractivity contribution in [3.63, 3.8) is 0 Å². The molecule has 12 aromatic rings. The maximum Gasteiger partial charge on any atom is 0.145 e. The summed E-state index contributed by atoms with van der Waals surface area (Å²) in [5.74, 6) is 0. The molecule has 2 nitrogen and oxygen atoms in total. The van der Waals surface area contributed by atoms with E-state index in [0.29, 0.717) is 0 Å². The number of hydrogen-bond acceptors (Lipinski definition) is 2. The summed E-state index contributed by atoms with van der Waals surface area (Å²) in [6, 6.07) is 85.5. The van der Waals surface area contributed by atoms with Crippen LogP contribution in [0.4, 0.5) is 17.1 Å². The first kappa shape index (κ1) is 35.7. The maximum atomic E-state index is 6.95. The summed E-state index contributed by atoms with van der Waals surface area (Å²) >= 11 is 0. The van der Waals surface area contributed by atoms with Crippen molar-refractivity contribution in [3.05, 3.63) is 237 Å². The molecular weight excluding hydrogens is 751 g/mol. The predicted molar refractivity (Wildman–Crippen MR) is 263 cm³/mol. The molecule has 0 N–H and O–H groups in total. The molecule has 0 aliphatic heterocycles. The van der Waals surface area contributed by atoms with Gasteiger partial charge in [0.25, 0.3) is 0 Å². The summed E-state index contributed by atoms with van der Waals surface area (Å²) in [4.78, 5) is 2.45. The van der Waals surface area contributed by atoms with Crippen molar-refractivity contribution >= 4 is 71.3 Å². The molecule has 0 radical (unpaired) electrons. The van der Waals surface area contributed by atoms with E-state index in [1.165, 1.54) is 49.0 Å². The first-order chi connectivity index (χ1) is 30.7. The van der Waals surface area contributed by atoms with E-state index in [9.17, 15) is 0 Å². The van der Waals surface area contributed by atoms with Gasteiger partial charge in [0.05, 0.1) is 16.8 Å². The van der Waals surface area contributed by atoms with E-state index in [0.717, 1.165) is 66.8 Å². The quantitative estimate of drug-likeness (QED) is 0.150. The summed E-state index contributed by atoms with van der Waals surface area (Å²) in [7, 11) is 0. The molecule has 0 saturated heterocycles. The molecule has 0 bridgehead atoms. The molecular formula is C60H39NO. The lowest BCUT2D eigenvalue weighted by Gasteiger charge is -2.29. The van der Waals surface area contributed by atoms with E-state index >= 15 is 0 Å². The van der Waals surface area contributed by atoms with E-state index in [4.69, 9.17) is 4.42 Å². The Labute approximate surface area is 360 Å². The highest BCUT2D eigenvalue weighted by Crippen LogP contribution is 2.50. The van der Waals surface area contributed by atoms with Crippen molar-refractivity contribution in [2.24, 2.45) is 0 Å². The number of benzene rings is 11. The number of anilines is 3. The largest absolute Gasteiger partial charge is 0.455 e. The van der Waals surface area contributed by atoms with Crippen LogP contribution in [0, 0.1) is 0 Å². The predicted octanol–water partition coefficient (Wildman–Crippen LogP) is 17.2. The average Bonchev–Trinajstić information content (AvgIpc) is 3.74. The Hall–Kier alpha value is -8.20. The van der Waals surface area contributed by atoms with Crippen molar-refractivity contribution in [1.82, 2.24) is 0 Å². The highest BCUT2D eigenvalue weighted by atomic mass is 16.3. The number of furan rings is 1. The topological polar surface area (TPSA) is 16.4 Å². The lowest BCUT2D eigenvalue weighted by Crippen LogP contribution is -2.12. The molecule has 0 saturated carbocycles. The fraction of sp³-hybridized carbons (Fsp3) is 0. The Kier molecular flexibility index (Phi) is 8.53. The van der Waals surface area contributed by atoms with Gasteiger partial charge in [0.1, 0.15) is 11.2 Å². The Morgan fingerprint density at radius 3 is 1.74 bits per heavy atom. The molecule has 1 heterocycles. The number of rotatable bonds is 7. The average molecular weight is 790 g/mol. The highest BCUT2D eigenvalue weighted by Gasteiger charge is 2.25. The van der Waals surface area contributed by atoms with Gasteiger partial charge in [-0.1, -0.05) is 188 Å². The zero-order chi connectivity index (χ0) is 41.0. The van der Waals surface area contributed by atoms with Crippen LogP contribution in [-0.2, 0) is 0 Å². The smallest absolute Gasteiger partial charge is 0.145 e. The maximum absolute atomic E-state index is 6.95. The first-order valence-electron chi connectivity index (χ1n) is 21.2. The van der Waals surface area contributed by atoms with Gasteiger partial charge >= 0.3 is 0 Å². The lowest BCUT2D eigenvalue weighted by molar-refractivity contribution is 0.670. The number of para-hydroxylation sites is 2. The van der Waals surface area contributed by atoms with Crippen LogP contribution in [0.2, 0.25) is 0 Å². The van der Waals surface area contributed by atoms with Crippen LogP contribution in [0.5, 0.6) is 0 Å². The van der Waals surface area contributed by atoms with Gasteiger partial charge in [-0.3, -0.25) is 0 Å². The number of hydrogen-bond donors (Lipinski definition) is 0. The molecule has 0 aliphatic carbocycles. The minimum absolute atomic E-state index is 0.859. The summed E-state index contributed by atoms with van der Waals surface area (Å²) < 4.78 is 6.95. The second-order valence-electron chi connectivity index (χ2n) is 16.0. The minimum Gasteiger partial charge on any atom is -0.455 e. The van der Waals surface area contributed by atoms with Crippen LogP contribution in [0.15, 0.2) is 241 Å². The Balaban J connectivity index is 1.12. The van der Waals surface area contributed by atoms with Gasteiger partial charge in [-0.15, -0.1) is 0 Å². The zero-order valence-corrected chi connectivity index (χ0v) is 33.9. The summed E-state index contributed by atoms with van der Waals surface area (Å²) in [6.45, 7) is 0. The molecule has 62 heavy (non-hydrogen) atoms. The number of fused-ring (bicyclic) bond motifs is 7. The third-order valence-corrected chi connectivity index (χ3v) is 12.4. The van der Waals surface area contributed by atoms with Crippen LogP contribution in [0.1, 0.15) is 0 Å². The van der Waals surface area contributed by atoms with Gasteiger partial charge in [-0.05, 0) is 114 Å². The van der Waals surface area contributed by atoms with E-state index < -0.39 is 0 Å². The van der Waals surface area contributed by atoms with Gasteiger partial charge in [-0.2, -0.15) is 0 Å². The van der Waals surface area contributed by atoms with E-state index in [1.807, 2.05) is 0 Å². The van der Waals surface area contributed by atoms with Crippen LogP contribution >= 0.6 is 0 Å². The molecule has 0 unspecified atom stereocenters. The Morgan fingerprint density at radius 1 is 0.290 bits per heavy atom. The van der Waals surface area contributed by atoms with Crippen molar-refractivity contribution < 1.29 is 4.42 Å². The molecule has 0 fully saturated rings. The van der Waals surface area contributed by atoms with Crippen LogP contribution < -0.4 is 4.90 Å². The van der Waals surface area contributed by atoms with Gasteiger partial charge in [-0.25, -0.2) is 0 Å². The van der Waals surface area contributed by atoms with Crippen LogP contribution in [0.3, 0.4) is 0 Å². The fourth-order valence-corrected chi connectivity index (χ4v) is 9.47. The normalized spacial score (nSPS) is 11.5. The molecule has 0 aliphatic rings. The summed E-state index contributed by atoms with van der Waals surface area (Å²) in [5.41, 5.74) is 14.1. The first-order valence-corrected chi connectivity index (χ1v) is 21.2. The Bertz CT molecular complexity index is 3640. The molecule has 0 amide bonds. The third-order valence-electron chi connectivity index (χ3n) is 12.4. The second kappa shape index (κ2) is 14.8. The van der Waals surface area contributed by atoms with Gasteiger partial charge < -0.3 is 9.32 Å². The van der Waals surface area contributed by atoms with Crippen LogP contribution in [0.25, 0.3) is 98.8 Å². The van der Waals surface area contributed by atoms with Crippen molar-refractivity contribution in [3.8, 4) is 44.5 Å². The summed E-state index contributed by atoms with van der Waals surface area (Å²) in [5, 5.41) is 9.49. The molecule has 2 heteroatoms. The molecule has 11 aromatic carbocycles. The molecule has 0 atom stereocenters. The standard InChI is InChI=1S/C60H39NO/c1-2-15-40(16-3-1)42-29-31-43(32-30-42)45-20-14-21-48(38-45)61(56-27-12-10-25-53(56)55-39-46-19-6-7-22-49(46)51-23-8-9-24-52(51)55)57-36-35-50(47-34-33-41-17-4-5-18-44(41)37-47)60-59(57)54-26-11-13-28-58(54)62-60/h1-39H. The lowest BCUT2D eigenvalue weighted by atomic mass is 9.91. The van der Waals surface area contributed by atoms with E-state index in [-0.39, 0.29) is 0 Å². The highest BCUT2D eigenvalue weighted by molar-refractivity contribution is 6.19. The van der Waals surface area contributed by atoms with Crippen LogP contribution in [-0.4, -0.2) is 0 Å². The third kappa shape index (κ3) is 6.04. The van der Waals surface area contributed by atoms with Gasteiger partial charge in [0.2, 0.25) is 0 Å². The minimum atomic E-state index is 0.859. The fourth-order valence-electron chi connectivity index (χ4n) is 9.47. The second-order valence-corrected chi connectivity index (χ2v) is 16.0. The zero-order valence-electron chi connectivity index (χ0n) is 33.9. The molecule has 12 rings (SSSR count). The molecule has 290 valence electrons.